The molecular weight excluding hydrogens is 338 g/mol. The van der Waals surface area contributed by atoms with E-state index in [1.54, 1.807) is 17.8 Å². The van der Waals surface area contributed by atoms with Crippen LogP contribution in [0, 0.1) is 0 Å². The maximum Gasteiger partial charge on any atom is 0.188 e. The summed E-state index contributed by atoms with van der Waals surface area (Å²) < 4.78 is 6.66. The van der Waals surface area contributed by atoms with Gasteiger partial charge >= 0.3 is 0 Å². The normalized spacial score (nSPS) is 11.2. The Balaban J connectivity index is 2.03. The highest BCUT2D eigenvalue weighted by Gasteiger charge is 1.95. The van der Waals surface area contributed by atoms with Crippen LogP contribution in [-0.4, -0.2) is 37.2 Å². The molecule has 0 atom stereocenters. The fraction of sp³-hybridized carbons (Fsp3) is 0.357. The predicted octanol–water partition coefficient (Wildman–Crippen LogP) is 2.65. The summed E-state index contributed by atoms with van der Waals surface area (Å²) in [4.78, 5) is 4.20. The van der Waals surface area contributed by atoms with Gasteiger partial charge in [0.25, 0.3) is 0 Å². The van der Waals surface area contributed by atoms with Crippen molar-refractivity contribution in [2.24, 2.45) is 10.7 Å². The number of aliphatic imine (C=N–C) groups is 1. The fourth-order valence-electron chi connectivity index (χ4n) is 1.34. The van der Waals surface area contributed by atoms with Crippen molar-refractivity contribution in [1.82, 2.24) is 5.32 Å². The van der Waals surface area contributed by atoms with Gasteiger partial charge in [0.05, 0.1) is 13.2 Å². The lowest BCUT2D eigenvalue weighted by molar-refractivity contribution is 0.344. The highest BCUT2D eigenvalue weighted by molar-refractivity contribution is 9.10. The number of nitrogens with zero attached hydrogens (tertiary/aromatic N) is 1. The summed E-state index contributed by atoms with van der Waals surface area (Å²) in [7, 11) is 0. The van der Waals surface area contributed by atoms with Gasteiger partial charge in [-0.2, -0.15) is 11.8 Å². The van der Waals surface area contributed by atoms with E-state index in [9.17, 15) is 0 Å². The molecule has 0 aromatic heterocycles. The fourth-order valence-corrected chi connectivity index (χ4v) is 2.34. The number of ether oxygens (including phenoxy) is 1. The smallest absolute Gasteiger partial charge is 0.188 e. The zero-order valence-corrected chi connectivity index (χ0v) is 13.8. The van der Waals surface area contributed by atoms with Crippen molar-refractivity contribution < 1.29 is 4.74 Å². The maximum absolute atomic E-state index is 5.64. The summed E-state index contributed by atoms with van der Waals surface area (Å²) in [6.07, 6.45) is 1.75. The Labute approximate surface area is 133 Å². The van der Waals surface area contributed by atoms with Gasteiger partial charge in [0.2, 0.25) is 0 Å². The van der Waals surface area contributed by atoms with Gasteiger partial charge in [0.15, 0.2) is 5.96 Å². The Kier molecular flexibility index (Phi) is 8.98. The minimum atomic E-state index is 0.468. The quantitative estimate of drug-likeness (QED) is 0.308. The average molecular weight is 358 g/mol. The first-order chi connectivity index (χ1) is 9.72. The van der Waals surface area contributed by atoms with E-state index in [1.807, 2.05) is 24.3 Å². The maximum atomic E-state index is 5.64. The van der Waals surface area contributed by atoms with Crippen molar-refractivity contribution in [2.75, 3.05) is 31.2 Å². The molecule has 1 aromatic carbocycles. The van der Waals surface area contributed by atoms with Gasteiger partial charge < -0.3 is 15.8 Å². The van der Waals surface area contributed by atoms with Crippen LogP contribution in [0.25, 0.3) is 0 Å². The second kappa shape index (κ2) is 10.6. The van der Waals surface area contributed by atoms with Gasteiger partial charge in [-0.25, -0.2) is 0 Å². The monoisotopic (exact) mass is 357 g/mol. The van der Waals surface area contributed by atoms with E-state index in [1.165, 1.54) is 0 Å². The van der Waals surface area contributed by atoms with E-state index in [2.05, 4.69) is 32.8 Å². The zero-order chi connectivity index (χ0) is 14.6. The number of benzene rings is 1. The molecule has 0 aliphatic carbocycles. The molecule has 0 unspecified atom stereocenters. The Morgan fingerprint density at radius 3 is 3.10 bits per heavy atom. The summed E-state index contributed by atoms with van der Waals surface area (Å²) in [5.41, 5.74) is 5.64. The van der Waals surface area contributed by atoms with Crippen molar-refractivity contribution in [3.63, 3.8) is 0 Å². The first-order valence-corrected chi connectivity index (χ1v) is 8.28. The summed E-state index contributed by atoms with van der Waals surface area (Å²) in [6, 6.07) is 7.84. The number of nitrogens with two attached hydrogens (primary N) is 1. The summed E-state index contributed by atoms with van der Waals surface area (Å²) in [5.74, 6) is 3.21. The number of hydrogen-bond donors (Lipinski definition) is 2. The third-order valence-electron chi connectivity index (χ3n) is 2.24. The van der Waals surface area contributed by atoms with E-state index in [-0.39, 0.29) is 0 Å². The van der Waals surface area contributed by atoms with Crippen LogP contribution in [-0.2, 0) is 0 Å². The number of thioether (sulfide) groups is 1. The molecule has 0 aliphatic rings. The number of guanidine groups is 1. The Morgan fingerprint density at radius 2 is 2.35 bits per heavy atom. The molecule has 0 fully saturated rings. The minimum absolute atomic E-state index is 0.468. The lowest BCUT2D eigenvalue weighted by atomic mass is 10.3. The van der Waals surface area contributed by atoms with Crippen LogP contribution in [0.4, 0.5) is 0 Å². The summed E-state index contributed by atoms with van der Waals surface area (Å²) in [5, 5.41) is 2.93. The number of rotatable bonds is 9. The van der Waals surface area contributed by atoms with Crippen LogP contribution < -0.4 is 15.8 Å². The van der Waals surface area contributed by atoms with Gasteiger partial charge in [-0.3, -0.25) is 4.99 Å². The van der Waals surface area contributed by atoms with Gasteiger partial charge in [-0.05, 0) is 18.2 Å². The van der Waals surface area contributed by atoms with Crippen LogP contribution in [0.15, 0.2) is 46.4 Å². The van der Waals surface area contributed by atoms with Crippen molar-refractivity contribution in [1.29, 1.82) is 0 Å². The molecule has 110 valence electrons. The lowest BCUT2D eigenvalue weighted by Crippen LogP contribution is -2.31. The minimum Gasteiger partial charge on any atom is -0.493 e. The van der Waals surface area contributed by atoms with Gasteiger partial charge in [0.1, 0.15) is 5.75 Å². The standard InChI is InChI=1S/C14H20BrN3OS/c1-2-6-17-14(16)18-7-9-20-10-8-19-13-5-3-4-12(15)11-13/h2-5,11H,1,6-10H2,(H3,16,17,18). The first-order valence-electron chi connectivity index (χ1n) is 6.33. The third-order valence-corrected chi connectivity index (χ3v) is 3.66. The van der Waals surface area contributed by atoms with Crippen LogP contribution in [0.5, 0.6) is 5.75 Å². The largest absolute Gasteiger partial charge is 0.493 e. The zero-order valence-electron chi connectivity index (χ0n) is 11.3. The van der Waals surface area contributed by atoms with Crippen LogP contribution >= 0.6 is 27.7 Å². The summed E-state index contributed by atoms with van der Waals surface area (Å²) >= 11 is 5.21. The van der Waals surface area contributed by atoms with E-state index in [0.717, 1.165) is 21.7 Å². The second-order valence-corrected chi connectivity index (χ2v) is 6.00. The molecule has 0 saturated carbocycles. The predicted molar refractivity (Wildman–Crippen MR) is 91.7 cm³/mol. The van der Waals surface area contributed by atoms with Crippen molar-refractivity contribution in [3.8, 4) is 5.75 Å². The molecule has 0 saturated heterocycles. The highest BCUT2D eigenvalue weighted by Crippen LogP contribution is 2.17. The van der Waals surface area contributed by atoms with Crippen LogP contribution in [0.3, 0.4) is 0 Å². The lowest BCUT2D eigenvalue weighted by Gasteiger charge is -2.06. The molecule has 20 heavy (non-hydrogen) atoms. The molecule has 0 bridgehead atoms. The van der Waals surface area contributed by atoms with E-state index < -0.39 is 0 Å². The molecule has 0 heterocycles. The number of halogens is 1. The third kappa shape index (κ3) is 8.12. The van der Waals surface area contributed by atoms with Crippen molar-refractivity contribution in [3.05, 3.63) is 41.4 Å². The Hall–Kier alpha value is -1.14. The number of nitrogens with one attached hydrogen (secondary N) is 1. The van der Waals surface area contributed by atoms with E-state index >= 15 is 0 Å². The second-order valence-electron chi connectivity index (χ2n) is 3.85. The molecule has 0 aliphatic heterocycles. The average Bonchev–Trinajstić information content (AvgIpc) is 2.44. The summed E-state index contributed by atoms with van der Waals surface area (Å²) in [6.45, 7) is 5.64. The van der Waals surface area contributed by atoms with Crippen LogP contribution in [0.2, 0.25) is 0 Å². The molecule has 0 spiro atoms. The van der Waals surface area contributed by atoms with Crippen molar-refractivity contribution in [2.45, 2.75) is 0 Å². The molecule has 4 nitrogen and oxygen atoms in total. The topological polar surface area (TPSA) is 59.6 Å². The molecule has 6 heteroatoms. The molecule has 1 aromatic rings. The molecule has 0 radical (unpaired) electrons. The Bertz CT molecular complexity index is 440. The molecule has 3 N–H and O–H groups in total. The molecule has 0 amide bonds. The Morgan fingerprint density at radius 1 is 1.50 bits per heavy atom. The van der Waals surface area contributed by atoms with Crippen molar-refractivity contribution >= 4 is 33.7 Å². The SMILES string of the molecule is C=CCNC(N)=NCCSCCOc1cccc(Br)c1. The van der Waals surface area contributed by atoms with Gasteiger partial charge in [0, 0.05) is 22.5 Å². The van der Waals surface area contributed by atoms with Gasteiger partial charge in [-0.1, -0.05) is 28.1 Å². The van der Waals surface area contributed by atoms with Crippen LogP contribution in [0.1, 0.15) is 0 Å². The van der Waals surface area contributed by atoms with E-state index in [0.29, 0.717) is 25.7 Å². The highest BCUT2D eigenvalue weighted by atomic mass is 79.9. The number of hydrogen-bond acceptors (Lipinski definition) is 3. The molecular formula is C14H20BrN3OS. The van der Waals surface area contributed by atoms with E-state index in [4.69, 9.17) is 10.5 Å². The molecule has 1 rings (SSSR count). The first kappa shape index (κ1) is 16.9. The van der Waals surface area contributed by atoms with Gasteiger partial charge in [-0.15, -0.1) is 6.58 Å².